The number of ether oxygens (including phenoxy) is 2. The Balaban J connectivity index is 3.06. The fraction of sp³-hybridized carbons (Fsp3) is 0.429. The number of hydrogen-bond donors (Lipinski definition) is 1. The minimum Gasteiger partial charge on any atom is -0.465 e. The van der Waals surface area contributed by atoms with Crippen molar-refractivity contribution in [2.75, 3.05) is 13.2 Å². The minimum atomic E-state index is -1.39. The molecule has 0 aliphatic rings. The lowest BCUT2D eigenvalue weighted by molar-refractivity contribution is -0.167. The van der Waals surface area contributed by atoms with Gasteiger partial charge in [-0.1, -0.05) is 34.1 Å². The molecule has 5 nitrogen and oxygen atoms in total. The predicted molar refractivity (Wildman–Crippen MR) is 75.9 cm³/mol. The van der Waals surface area contributed by atoms with Crippen molar-refractivity contribution in [1.82, 2.24) is 0 Å². The number of esters is 2. The SMILES string of the molecule is CCOC(=O)C(C(=O)OCC)C(O)c1ccccc1Br. The Morgan fingerprint density at radius 3 is 2.10 bits per heavy atom. The van der Waals surface area contributed by atoms with Gasteiger partial charge in [-0.15, -0.1) is 0 Å². The summed E-state index contributed by atoms with van der Waals surface area (Å²) in [7, 11) is 0. The zero-order valence-electron chi connectivity index (χ0n) is 11.3. The molecule has 0 fully saturated rings. The average Bonchev–Trinajstić information content (AvgIpc) is 2.40. The molecule has 0 saturated carbocycles. The van der Waals surface area contributed by atoms with E-state index < -0.39 is 24.0 Å². The number of hydrogen-bond acceptors (Lipinski definition) is 5. The summed E-state index contributed by atoms with van der Waals surface area (Å²) in [6, 6.07) is 6.81. The van der Waals surface area contributed by atoms with Gasteiger partial charge < -0.3 is 14.6 Å². The van der Waals surface area contributed by atoms with E-state index in [4.69, 9.17) is 9.47 Å². The van der Waals surface area contributed by atoms with Gasteiger partial charge in [0.1, 0.15) is 6.10 Å². The van der Waals surface area contributed by atoms with Crippen molar-refractivity contribution in [3.05, 3.63) is 34.3 Å². The molecule has 0 radical (unpaired) electrons. The fourth-order valence-corrected chi connectivity index (χ4v) is 2.23. The molecule has 0 aliphatic heterocycles. The summed E-state index contributed by atoms with van der Waals surface area (Å²) in [5, 5.41) is 10.3. The minimum absolute atomic E-state index is 0.122. The van der Waals surface area contributed by atoms with Crippen LogP contribution in [0.25, 0.3) is 0 Å². The molecule has 1 atom stereocenters. The van der Waals surface area contributed by atoms with Gasteiger partial charge in [0.25, 0.3) is 0 Å². The maximum Gasteiger partial charge on any atom is 0.323 e. The third-order valence-corrected chi connectivity index (χ3v) is 3.34. The molecule has 0 spiro atoms. The van der Waals surface area contributed by atoms with Crippen LogP contribution >= 0.6 is 15.9 Å². The molecule has 0 bridgehead atoms. The number of halogens is 1. The third-order valence-electron chi connectivity index (χ3n) is 2.62. The molecule has 1 aromatic carbocycles. The topological polar surface area (TPSA) is 72.8 Å². The second-order valence-electron chi connectivity index (χ2n) is 3.95. The van der Waals surface area contributed by atoms with Crippen molar-refractivity contribution in [2.24, 2.45) is 5.92 Å². The van der Waals surface area contributed by atoms with Gasteiger partial charge >= 0.3 is 11.9 Å². The number of aliphatic hydroxyl groups excluding tert-OH is 1. The van der Waals surface area contributed by atoms with Crippen LogP contribution in [0, 0.1) is 5.92 Å². The molecular formula is C14H17BrO5. The Kier molecular flexibility index (Phi) is 6.67. The maximum atomic E-state index is 11.9. The Hall–Kier alpha value is -1.40. The van der Waals surface area contributed by atoms with E-state index in [9.17, 15) is 14.7 Å². The molecule has 1 aromatic rings. The van der Waals surface area contributed by atoms with E-state index in [0.717, 1.165) is 0 Å². The van der Waals surface area contributed by atoms with Gasteiger partial charge in [-0.05, 0) is 25.5 Å². The molecule has 0 amide bonds. The van der Waals surface area contributed by atoms with Gasteiger partial charge in [0.2, 0.25) is 0 Å². The molecule has 0 aromatic heterocycles. The van der Waals surface area contributed by atoms with Crippen molar-refractivity contribution in [1.29, 1.82) is 0 Å². The van der Waals surface area contributed by atoms with Crippen LogP contribution in [-0.4, -0.2) is 30.3 Å². The van der Waals surface area contributed by atoms with Crippen molar-refractivity contribution in [2.45, 2.75) is 20.0 Å². The fourth-order valence-electron chi connectivity index (χ4n) is 1.71. The summed E-state index contributed by atoms with van der Waals surface area (Å²) in [6.07, 6.45) is -1.33. The van der Waals surface area contributed by atoms with Crippen LogP contribution in [-0.2, 0) is 19.1 Å². The Bertz CT molecular complexity index is 456. The van der Waals surface area contributed by atoms with E-state index in [-0.39, 0.29) is 13.2 Å². The van der Waals surface area contributed by atoms with Crippen LogP contribution in [0.1, 0.15) is 25.5 Å². The quantitative estimate of drug-likeness (QED) is 0.632. The highest BCUT2D eigenvalue weighted by atomic mass is 79.9. The van der Waals surface area contributed by atoms with Gasteiger partial charge in [0.15, 0.2) is 5.92 Å². The first kappa shape index (κ1) is 16.7. The van der Waals surface area contributed by atoms with Gasteiger partial charge in [-0.2, -0.15) is 0 Å². The number of carbonyl (C=O) groups excluding carboxylic acids is 2. The first-order valence-corrected chi connectivity index (χ1v) is 7.07. The van der Waals surface area contributed by atoms with Gasteiger partial charge in [-0.3, -0.25) is 9.59 Å². The lowest BCUT2D eigenvalue weighted by Gasteiger charge is -2.21. The van der Waals surface area contributed by atoms with E-state index in [1.165, 1.54) is 0 Å². The zero-order chi connectivity index (χ0) is 15.1. The summed E-state index contributed by atoms with van der Waals surface area (Å²) >= 11 is 3.28. The Morgan fingerprint density at radius 1 is 1.15 bits per heavy atom. The average molecular weight is 345 g/mol. The molecule has 6 heteroatoms. The van der Waals surface area contributed by atoms with Crippen molar-refractivity contribution in [3.8, 4) is 0 Å². The first-order valence-electron chi connectivity index (χ1n) is 6.28. The van der Waals surface area contributed by atoms with Gasteiger partial charge in [0.05, 0.1) is 13.2 Å². The summed E-state index contributed by atoms with van der Waals surface area (Å²) < 4.78 is 10.3. The van der Waals surface area contributed by atoms with E-state index in [2.05, 4.69) is 15.9 Å². The van der Waals surface area contributed by atoms with Crippen molar-refractivity contribution < 1.29 is 24.2 Å². The molecule has 1 unspecified atom stereocenters. The summed E-state index contributed by atoms with van der Waals surface area (Å²) in [5.41, 5.74) is 0.429. The highest BCUT2D eigenvalue weighted by molar-refractivity contribution is 9.10. The largest absolute Gasteiger partial charge is 0.465 e. The molecule has 110 valence electrons. The van der Waals surface area contributed by atoms with Crippen LogP contribution in [0.5, 0.6) is 0 Å². The van der Waals surface area contributed by atoms with E-state index in [0.29, 0.717) is 10.0 Å². The molecule has 1 N–H and O–H groups in total. The van der Waals surface area contributed by atoms with Crippen LogP contribution in [0.15, 0.2) is 28.7 Å². The summed E-state index contributed by atoms with van der Waals surface area (Å²) in [4.78, 5) is 23.8. The molecule has 0 heterocycles. The maximum absolute atomic E-state index is 11.9. The van der Waals surface area contributed by atoms with Crippen LogP contribution < -0.4 is 0 Å². The molecule has 0 saturated heterocycles. The lowest BCUT2D eigenvalue weighted by atomic mass is 9.96. The van der Waals surface area contributed by atoms with E-state index in [1.807, 2.05) is 0 Å². The first-order chi connectivity index (χ1) is 9.52. The number of aliphatic hydroxyl groups is 1. The summed E-state index contributed by atoms with van der Waals surface area (Å²) in [5.74, 6) is -2.99. The third kappa shape index (κ3) is 4.05. The molecular weight excluding hydrogens is 328 g/mol. The Morgan fingerprint density at radius 2 is 1.65 bits per heavy atom. The zero-order valence-corrected chi connectivity index (χ0v) is 12.9. The summed E-state index contributed by atoms with van der Waals surface area (Å²) in [6.45, 7) is 3.50. The number of rotatable bonds is 6. The monoisotopic (exact) mass is 344 g/mol. The van der Waals surface area contributed by atoms with Gasteiger partial charge in [-0.25, -0.2) is 0 Å². The molecule has 20 heavy (non-hydrogen) atoms. The second kappa shape index (κ2) is 8.01. The second-order valence-corrected chi connectivity index (χ2v) is 4.80. The van der Waals surface area contributed by atoms with E-state index >= 15 is 0 Å². The smallest absolute Gasteiger partial charge is 0.323 e. The standard InChI is InChI=1S/C14H17BrO5/c1-3-19-13(17)11(14(18)20-4-2)12(16)9-7-5-6-8-10(9)15/h5-8,11-12,16H,3-4H2,1-2H3. The molecule has 1 rings (SSSR count). The van der Waals surface area contributed by atoms with E-state index in [1.54, 1.807) is 38.1 Å². The van der Waals surface area contributed by atoms with Crippen molar-refractivity contribution in [3.63, 3.8) is 0 Å². The van der Waals surface area contributed by atoms with Gasteiger partial charge in [0, 0.05) is 4.47 Å². The number of benzene rings is 1. The molecule has 0 aliphatic carbocycles. The lowest BCUT2D eigenvalue weighted by Crippen LogP contribution is -2.33. The number of carbonyl (C=O) groups is 2. The highest BCUT2D eigenvalue weighted by Crippen LogP contribution is 2.30. The van der Waals surface area contributed by atoms with Crippen LogP contribution in [0.2, 0.25) is 0 Å². The predicted octanol–water partition coefficient (Wildman–Crippen LogP) is 2.22. The van der Waals surface area contributed by atoms with Crippen LogP contribution in [0.4, 0.5) is 0 Å². The van der Waals surface area contributed by atoms with Crippen molar-refractivity contribution >= 4 is 27.9 Å². The normalized spacial score (nSPS) is 12.1. The highest BCUT2D eigenvalue weighted by Gasteiger charge is 2.38. The van der Waals surface area contributed by atoms with Crippen LogP contribution in [0.3, 0.4) is 0 Å². The Labute approximate surface area is 126 Å².